The molecule has 0 amide bonds. The van der Waals surface area contributed by atoms with E-state index in [1.807, 2.05) is 13.0 Å². The molecule has 0 fully saturated rings. The summed E-state index contributed by atoms with van der Waals surface area (Å²) < 4.78 is 12.5. The summed E-state index contributed by atoms with van der Waals surface area (Å²) in [4.78, 5) is 13.1. The smallest absolute Gasteiger partial charge is 0.364 e. The summed E-state index contributed by atoms with van der Waals surface area (Å²) in [7, 11) is 4.25. The van der Waals surface area contributed by atoms with E-state index in [9.17, 15) is 4.79 Å². The van der Waals surface area contributed by atoms with Crippen LogP contribution in [-0.4, -0.2) is 43.3 Å². The summed E-state index contributed by atoms with van der Waals surface area (Å²) in [5, 5.41) is 0. The van der Waals surface area contributed by atoms with Crippen LogP contribution in [0, 0.1) is 0 Å². The topological polar surface area (TPSA) is 35.5 Å². The molecule has 0 heterocycles. The van der Waals surface area contributed by atoms with Gasteiger partial charge in [-0.25, -0.2) is 4.79 Å². The minimum atomic E-state index is -0.176. The lowest BCUT2D eigenvalue weighted by Gasteiger charge is -2.36. The predicted molar refractivity (Wildman–Crippen MR) is 169 cm³/mol. The van der Waals surface area contributed by atoms with E-state index >= 15 is 0 Å². The third kappa shape index (κ3) is 13.8. The van der Waals surface area contributed by atoms with Crippen molar-refractivity contribution in [3.63, 3.8) is 0 Å². The number of esters is 1. The minimum absolute atomic E-state index is 0.0166. The standard InChI is InChI=1S/C36H58NO3/c1-6-8-9-10-11-12-13-14-15-17-21-32-24-26-34(27-25-32)40-31(3)28-29-39-36(38)35(20-7-2)37(4,5)30-33-22-18-16-19-23-33/h16,18-19,22-27,31,35H,6-15,17,20-21,28-30H2,1-5H3/q+1. The van der Waals surface area contributed by atoms with Crippen LogP contribution in [0.3, 0.4) is 0 Å². The van der Waals surface area contributed by atoms with Gasteiger partial charge in [-0.05, 0) is 43.9 Å². The number of hydrogen-bond donors (Lipinski definition) is 0. The molecule has 0 aliphatic rings. The summed E-state index contributed by atoms with van der Waals surface area (Å²) in [5.74, 6) is 0.779. The second kappa shape index (κ2) is 19.7. The van der Waals surface area contributed by atoms with Crippen molar-refractivity contribution in [3.8, 4) is 5.75 Å². The Hall–Kier alpha value is -2.33. The molecule has 4 heteroatoms. The number of benzene rings is 2. The fraction of sp³-hybridized carbons (Fsp3) is 0.639. The zero-order chi connectivity index (χ0) is 29.1. The molecule has 0 saturated carbocycles. The van der Waals surface area contributed by atoms with Gasteiger partial charge < -0.3 is 14.0 Å². The molecule has 0 N–H and O–H groups in total. The lowest BCUT2D eigenvalue weighted by Crippen LogP contribution is -2.52. The molecule has 224 valence electrons. The van der Waals surface area contributed by atoms with Crippen molar-refractivity contribution in [1.82, 2.24) is 0 Å². The Morgan fingerprint density at radius 2 is 1.32 bits per heavy atom. The van der Waals surface area contributed by atoms with Crippen LogP contribution in [-0.2, 0) is 22.5 Å². The van der Waals surface area contributed by atoms with Crippen molar-refractivity contribution in [1.29, 1.82) is 0 Å². The molecule has 2 rings (SSSR count). The summed E-state index contributed by atoms with van der Waals surface area (Å²) in [6.45, 7) is 7.63. The first kappa shape index (κ1) is 33.9. The highest BCUT2D eigenvalue weighted by molar-refractivity contribution is 5.74. The van der Waals surface area contributed by atoms with Crippen LogP contribution >= 0.6 is 0 Å². The SMILES string of the molecule is CCCCCCCCCCCCc1ccc(OC(C)CCOC(=O)C(CCC)[N+](C)(C)Cc2ccccc2)cc1. The third-order valence-corrected chi connectivity index (χ3v) is 7.96. The van der Waals surface area contributed by atoms with Gasteiger partial charge in [0.1, 0.15) is 12.3 Å². The molecule has 0 spiro atoms. The van der Waals surface area contributed by atoms with E-state index in [-0.39, 0.29) is 18.1 Å². The molecule has 2 aromatic carbocycles. The molecule has 0 radical (unpaired) electrons. The number of carbonyl (C=O) groups excluding carboxylic acids is 1. The van der Waals surface area contributed by atoms with Gasteiger partial charge in [0.2, 0.25) is 0 Å². The minimum Gasteiger partial charge on any atom is -0.491 e. The van der Waals surface area contributed by atoms with Crippen LogP contribution in [0.25, 0.3) is 0 Å². The Labute approximate surface area is 246 Å². The molecule has 0 saturated heterocycles. The zero-order valence-corrected chi connectivity index (χ0v) is 26.3. The van der Waals surface area contributed by atoms with Gasteiger partial charge in [-0.2, -0.15) is 0 Å². The van der Waals surface area contributed by atoms with Crippen molar-refractivity contribution in [2.75, 3.05) is 20.7 Å². The number of hydrogen-bond acceptors (Lipinski definition) is 3. The molecule has 0 aromatic heterocycles. The molecule has 2 unspecified atom stereocenters. The lowest BCUT2D eigenvalue weighted by atomic mass is 10.0. The van der Waals surface area contributed by atoms with Crippen LogP contribution in [0.4, 0.5) is 0 Å². The molecule has 40 heavy (non-hydrogen) atoms. The first-order valence-electron chi connectivity index (χ1n) is 16.1. The highest BCUT2D eigenvalue weighted by Crippen LogP contribution is 2.21. The number of ether oxygens (including phenoxy) is 2. The van der Waals surface area contributed by atoms with Gasteiger partial charge in [0.15, 0.2) is 6.04 Å². The van der Waals surface area contributed by atoms with E-state index in [1.54, 1.807) is 0 Å². The Morgan fingerprint density at radius 1 is 0.725 bits per heavy atom. The molecule has 2 atom stereocenters. The summed E-state index contributed by atoms with van der Waals surface area (Å²) in [6.07, 6.45) is 17.3. The Bertz CT molecular complexity index is 909. The van der Waals surface area contributed by atoms with Gasteiger partial charge in [-0.1, -0.05) is 114 Å². The van der Waals surface area contributed by atoms with Crippen LogP contribution in [0.1, 0.15) is 115 Å². The number of likely N-dealkylation sites (N-methyl/N-ethyl adjacent to an activating group) is 1. The zero-order valence-electron chi connectivity index (χ0n) is 26.3. The number of aryl methyl sites for hydroxylation is 1. The van der Waals surface area contributed by atoms with E-state index in [1.165, 1.54) is 75.3 Å². The van der Waals surface area contributed by atoms with E-state index in [0.717, 1.165) is 31.6 Å². The second-order valence-corrected chi connectivity index (χ2v) is 12.2. The molecular weight excluding hydrogens is 494 g/mol. The lowest BCUT2D eigenvalue weighted by molar-refractivity contribution is -0.920. The highest BCUT2D eigenvalue weighted by Gasteiger charge is 2.35. The van der Waals surface area contributed by atoms with E-state index < -0.39 is 0 Å². The highest BCUT2D eigenvalue weighted by atomic mass is 16.5. The van der Waals surface area contributed by atoms with Gasteiger partial charge in [0.05, 0.1) is 26.8 Å². The van der Waals surface area contributed by atoms with Crippen LogP contribution in [0.5, 0.6) is 5.75 Å². The van der Waals surface area contributed by atoms with Crippen molar-refractivity contribution in [2.24, 2.45) is 0 Å². The number of unbranched alkanes of at least 4 members (excludes halogenated alkanes) is 9. The molecule has 2 aromatic rings. The largest absolute Gasteiger partial charge is 0.491 e. The third-order valence-electron chi connectivity index (χ3n) is 7.96. The molecule has 4 nitrogen and oxygen atoms in total. The molecule has 0 aliphatic carbocycles. The Kier molecular flexibility index (Phi) is 16.7. The summed E-state index contributed by atoms with van der Waals surface area (Å²) in [5.41, 5.74) is 2.62. The number of carbonyl (C=O) groups is 1. The monoisotopic (exact) mass is 552 g/mol. The van der Waals surface area contributed by atoms with Gasteiger partial charge in [-0.3, -0.25) is 0 Å². The van der Waals surface area contributed by atoms with Crippen molar-refractivity contribution in [3.05, 3.63) is 65.7 Å². The van der Waals surface area contributed by atoms with Crippen molar-refractivity contribution in [2.45, 2.75) is 129 Å². The Morgan fingerprint density at radius 3 is 1.93 bits per heavy atom. The average molecular weight is 553 g/mol. The van der Waals surface area contributed by atoms with Crippen LogP contribution in [0.2, 0.25) is 0 Å². The van der Waals surface area contributed by atoms with Crippen molar-refractivity contribution < 1.29 is 18.8 Å². The molecule has 0 aliphatic heterocycles. The first-order valence-corrected chi connectivity index (χ1v) is 16.1. The number of rotatable bonds is 22. The maximum Gasteiger partial charge on any atom is 0.364 e. The molecular formula is C36H58NO3+. The first-order chi connectivity index (χ1) is 19.4. The Balaban J connectivity index is 1.65. The predicted octanol–water partition coefficient (Wildman–Crippen LogP) is 9.30. The van der Waals surface area contributed by atoms with E-state index in [0.29, 0.717) is 17.5 Å². The van der Waals surface area contributed by atoms with Gasteiger partial charge in [0, 0.05) is 18.4 Å². The number of nitrogens with zero attached hydrogens (tertiary/aromatic N) is 1. The average Bonchev–Trinajstić information content (AvgIpc) is 2.93. The maximum absolute atomic E-state index is 13.1. The van der Waals surface area contributed by atoms with E-state index in [4.69, 9.17) is 9.47 Å². The van der Waals surface area contributed by atoms with Crippen LogP contribution < -0.4 is 4.74 Å². The van der Waals surface area contributed by atoms with Gasteiger partial charge >= 0.3 is 5.97 Å². The van der Waals surface area contributed by atoms with E-state index in [2.05, 4.69) is 76.5 Å². The second-order valence-electron chi connectivity index (χ2n) is 12.2. The van der Waals surface area contributed by atoms with Gasteiger partial charge in [0.25, 0.3) is 0 Å². The van der Waals surface area contributed by atoms with Crippen LogP contribution in [0.15, 0.2) is 54.6 Å². The number of quaternary nitrogens is 1. The van der Waals surface area contributed by atoms with Gasteiger partial charge in [-0.15, -0.1) is 0 Å². The maximum atomic E-state index is 13.1. The summed E-state index contributed by atoms with van der Waals surface area (Å²) >= 11 is 0. The fourth-order valence-electron chi connectivity index (χ4n) is 5.45. The molecule has 0 bridgehead atoms. The summed E-state index contributed by atoms with van der Waals surface area (Å²) in [6, 6.07) is 18.7. The quantitative estimate of drug-likeness (QED) is 0.0829. The normalized spacial score (nSPS) is 13.1. The van der Waals surface area contributed by atoms with Crippen molar-refractivity contribution >= 4 is 5.97 Å². The fourth-order valence-corrected chi connectivity index (χ4v) is 5.45.